The maximum absolute atomic E-state index is 6.15. The van der Waals surface area contributed by atoms with Gasteiger partial charge in [-0.25, -0.2) is 0 Å². The first-order valence-electron chi connectivity index (χ1n) is 6.21. The summed E-state index contributed by atoms with van der Waals surface area (Å²) in [4.78, 5) is 0. The summed E-state index contributed by atoms with van der Waals surface area (Å²) < 4.78 is 11.9. The van der Waals surface area contributed by atoms with Gasteiger partial charge in [-0.3, -0.25) is 0 Å². The fraction of sp³-hybridized carbons (Fsp3) is 0.467. The van der Waals surface area contributed by atoms with Gasteiger partial charge < -0.3 is 9.16 Å². The predicted octanol–water partition coefficient (Wildman–Crippen LogP) is 3.08. The number of hydrogen-bond acceptors (Lipinski definition) is 2. The second-order valence-corrected chi connectivity index (χ2v) is 6.08. The van der Waals surface area contributed by atoms with E-state index in [0.29, 0.717) is 10.5 Å². The predicted molar refractivity (Wildman–Crippen MR) is 80.8 cm³/mol. The van der Waals surface area contributed by atoms with Crippen molar-refractivity contribution in [2.24, 2.45) is 5.41 Å². The molecule has 1 aromatic carbocycles. The number of ether oxygens (including phenoxy) is 1. The van der Waals surface area contributed by atoms with Gasteiger partial charge in [0.15, 0.2) is 10.5 Å². The van der Waals surface area contributed by atoms with Crippen LogP contribution in [0.3, 0.4) is 0 Å². The van der Waals surface area contributed by atoms with Gasteiger partial charge in [0.1, 0.15) is 5.75 Å². The van der Waals surface area contributed by atoms with Crippen molar-refractivity contribution >= 4 is 16.6 Å². The summed E-state index contributed by atoms with van der Waals surface area (Å²) in [6.45, 7) is 14.2. The zero-order valence-electron chi connectivity index (χ0n) is 12.3. The SMILES string of the molecule is C=Cc1cccc(OC(C)(O[SiH3])C(C)(C)C)c1C. The van der Waals surface area contributed by atoms with E-state index in [0.717, 1.165) is 16.9 Å². The van der Waals surface area contributed by atoms with Crippen LogP contribution >= 0.6 is 0 Å². The van der Waals surface area contributed by atoms with E-state index in [9.17, 15) is 0 Å². The molecule has 0 aliphatic carbocycles. The lowest BCUT2D eigenvalue weighted by atomic mass is 9.86. The van der Waals surface area contributed by atoms with E-state index in [1.54, 1.807) is 0 Å². The van der Waals surface area contributed by atoms with Gasteiger partial charge in [-0.05, 0) is 24.1 Å². The Hall–Kier alpha value is -1.06. The van der Waals surface area contributed by atoms with Crippen molar-refractivity contribution in [3.05, 3.63) is 35.9 Å². The minimum atomic E-state index is -0.607. The van der Waals surface area contributed by atoms with Crippen LogP contribution in [-0.4, -0.2) is 16.3 Å². The van der Waals surface area contributed by atoms with Crippen molar-refractivity contribution in [1.29, 1.82) is 0 Å². The Morgan fingerprint density at radius 1 is 1.22 bits per heavy atom. The third-order valence-electron chi connectivity index (χ3n) is 3.60. The van der Waals surface area contributed by atoms with Crippen LogP contribution in [0.15, 0.2) is 24.8 Å². The lowest BCUT2D eigenvalue weighted by Gasteiger charge is -2.41. The third-order valence-corrected chi connectivity index (χ3v) is 4.38. The Balaban J connectivity index is 3.14. The average Bonchev–Trinajstić information content (AvgIpc) is 2.30. The maximum atomic E-state index is 6.15. The van der Waals surface area contributed by atoms with Crippen LogP contribution in [0, 0.1) is 12.3 Å². The summed E-state index contributed by atoms with van der Waals surface area (Å²) in [6.07, 6.45) is 1.85. The molecule has 1 atom stereocenters. The minimum absolute atomic E-state index is 0.0919. The smallest absolute Gasteiger partial charge is 0.202 e. The molecule has 2 nitrogen and oxygen atoms in total. The zero-order valence-corrected chi connectivity index (χ0v) is 14.3. The molecule has 0 N–H and O–H groups in total. The fourth-order valence-corrected chi connectivity index (χ4v) is 2.37. The number of rotatable bonds is 4. The van der Waals surface area contributed by atoms with Gasteiger partial charge in [-0.1, -0.05) is 45.6 Å². The molecule has 0 heterocycles. The summed E-state index contributed by atoms with van der Waals surface area (Å²) in [7, 11) is 0.640. The molecule has 0 radical (unpaired) electrons. The van der Waals surface area contributed by atoms with Crippen molar-refractivity contribution in [1.82, 2.24) is 0 Å². The van der Waals surface area contributed by atoms with E-state index in [2.05, 4.69) is 27.4 Å². The molecule has 1 rings (SSSR count). The van der Waals surface area contributed by atoms with Crippen molar-refractivity contribution in [2.45, 2.75) is 40.4 Å². The molecule has 0 saturated carbocycles. The van der Waals surface area contributed by atoms with Crippen molar-refractivity contribution in [3.8, 4) is 5.75 Å². The molecular weight excluding hydrogens is 240 g/mol. The molecule has 18 heavy (non-hydrogen) atoms. The number of benzene rings is 1. The van der Waals surface area contributed by atoms with Gasteiger partial charge >= 0.3 is 0 Å². The van der Waals surface area contributed by atoms with Gasteiger partial charge in [0.25, 0.3) is 0 Å². The molecule has 3 heteroatoms. The highest BCUT2D eigenvalue weighted by molar-refractivity contribution is 5.98. The second kappa shape index (κ2) is 5.29. The van der Waals surface area contributed by atoms with E-state index in [4.69, 9.17) is 9.16 Å². The Morgan fingerprint density at radius 3 is 2.28 bits per heavy atom. The first kappa shape index (κ1) is 15.0. The Morgan fingerprint density at radius 2 is 1.83 bits per heavy atom. The van der Waals surface area contributed by atoms with E-state index in [-0.39, 0.29) is 5.41 Å². The first-order valence-corrected chi connectivity index (χ1v) is 7.03. The quantitative estimate of drug-likeness (QED) is 0.614. The van der Waals surface area contributed by atoms with Crippen molar-refractivity contribution in [3.63, 3.8) is 0 Å². The molecule has 0 aromatic heterocycles. The van der Waals surface area contributed by atoms with Crippen molar-refractivity contribution in [2.75, 3.05) is 0 Å². The number of hydrogen-bond donors (Lipinski definition) is 0. The molecular formula is C15H24O2Si. The topological polar surface area (TPSA) is 18.5 Å². The van der Waals surface area contributed by atoms with E-state index in [1.165, 1.54) is 0 Å². The molecule has 0 amide bonds. The first-order chi connectivity index (χ1) is 8.25. The van der Waals surface area contributed by atoms with E-state index in [1.807, 2.05) is 38.1 Å². The minimum Gasteiger partial charge on any atom is -0.463 e. The highest BCUT2D eigenvalue weighted by Crippen LogP contribution is 2.36. The van der Waals surface area contributed by atoms with Crippen LogP contribution in [0.1, 0.15) is 38.8 Å². The molecule has 0 aliphatic heterocycles. The zero-order chi connectivity index (χ0) is 14.0. The van der Waals surface area contributed by atoms with Crippen LogP contribution in [0.4, 0.5) is 0 Å². The lowest BCUT2D eigenvalue weighted by Crippen LogP contribution is -2.47. The molecule has 100 valence electrons. The lowest BCUT2D eigenvalue weighted by molar-refractivity contribution is -0.169. The van der Waals surface area contributed by atoms with Gasteiger partial charge in [-0.15, -0.1) is 0 Å². The molecule has 1 unspecified atom stereocenters. The maximum Gasteiger partial charge on any atom is 0.202 e. The van der Waals surface area contributed by atoms with Gasteiger partial charge in [0, 0.05) is 12.3 Å². The Bertz CT molecular complexity index is 435. The monoisotopic (exact) mass is 264 g/mol. The van der Waals surface area contributed by atoms with Gasteiger partial charge in [-0.2, -0.15) is 0 Å². The van der Waals surface area contributed by atoms with Crippen LogP contribution in [-0.2, 0) is 4.43 Å². The molecule has 1 aromatic rings. The second-order valence-electron chi connectivity index (χ2n) is 5.68. The molecule has 0 fully saturated rings. The third kappa shape index (κ3) is 2.84. The standard InChI is InChI=1S/C15H24O2Si/c1-7-12-9-8-10-13(11(12)2)16-15(6,17-18)14(3,4)5/h7-10H,1H2,2-6,18H3. The summed E-state index contributed by atoms with van der Waals surface area (Å²) >= 11 is 0. The van der Waals surface area contributed by atoms with Crippen molar-refractivity contribution < 1.29 is 9.16 Å². The molecule has 0 aliphatic rings. The van der Waals surface area contributed by atoms with Crippen LogP contribution in [0.25, 0.3) is 6.08 Å². The largest absolute Gasteiger partial charge is 0.463 e. The van der Waals surface area contributed by atoms with E-state index < -0.39 is 5.79 Å². The van der Waals surface area contributed by atoms with Gasteiger partial charge in [0.05, 0.1) is 0 Å². The molecule has 0 bridgehead atoms. The molecule has 0 saturated heterocycles. The average molecular weight is 264 g/mol. The summed E-state index contributed by atoms with van der Waals surface area (Å²) in [6, 6.07) is 5.99. The fourth-order valence-electron chi connectivity index (χ4n) is 1.67. The highest BCUT2D eigenvalue weighted by Gasteiger charge is 2.40. The Labute approximate surface area is 114 Å². The van der Waals surface area contributed by atoms with E-state index >= 15 is 0 Å². The normalized spacial score (nSPS) is 15.2. The summed E-state index contributed by atoms with van der Waals surface area (Å²) in [5, 5.41) is 0. The van der Waals surface area contributed by atoms with Gasteiger partial charge in [0.2, 0.25) is 5.79 Å². The summed E-state index contributed by atoms with van der Waals surface area (Å²) in [5.74, 6) is 0.254. The highest BCUT2D eigenvalue weighted by atomic mass is 28.2. The Kier molecular flexibility index (Phi) is 4.40. The van der Waals surface area contributed by atoms with Crippen LogP contribution in [0.5, 0.6) is 5.75 Å². The van der Waals surface area contributed by atoms with Crippen LogP contribution in [0.2, 0.25) is 0 Å². The molecule has 0 spiro atoms. The summed E-state index contributed by atoms with van der Waals surface area (Å²) in [5.41, 5.74) is 2.10. The van der Waals surface area contributed by atoms with Crippen LogP contribution < -0.4 is 4.74 Å².